The lowest BCUT2D eigenvalue weighted by molar-refractivity contribution is -0.191. The molecule has 2 fully saturated rings. The van der Waals surface area contributed by atoms with Crippen LogP contribution in [-0.4, -0.2) is 46.4 Å². The molecule has 2 aromatic heterocycles. The van der Waals surface area contributed by atoms with Crippen molar-refractivity contribution in [1.29, 1.82) is 0 Å². The average Bonchev–Trinajstić information content (AvgIpc) is 3.94. The van der Waals surface area contributed by atoms with Crippen LogP contribution in [0.1, 0.15) is 47.3 Å². The van der Waals surface area contributed by atoms with E-state index in [1.54, 1.807) is 24.3 Å². The number of rotatable bonds is 8. The number of nitrogens with two attached hydrogens (primary N) is 1. The summed E-state index contributed by atoms with van der Waals surface area (Å²) in [5, 5.41) is 15.7. The van der Waals surface area contributed by atoms with Crippen molar-refractivity contribution >= 4 is 28.4 Å². The fraction of sp³-hybridized carbons (Fsp3) is 0.344. The van der Waals surface area contributed by atoms with Gasteiger partial charge in [0.15, 0.2) is 11.3 Å². The zero-order valence-corrected chi connectivity index (χ0v) is 24.4. The van der Waals surface area contributed by atoms with Gasteiger partial charge in [-0.25, -0.2) is 14.4 Å². The molecule has 0 radical (unpaired) electrons. The first kappa shape index (κ1) is 29.7. The fourth-order valence-corrected chi connectivity index (χ4v) is 5.77. The van der Waals surface area contributed by atoms with Crippen LogP contribution < -0.4 is 20.5 Å². The molecule has 2 atom stereocenters. The number of aliphatic hydroxyl groups is 1. The maximum absolute atomic E-state index is 14.3. The molecular formula is C32H27ClF4N4O4. The minimum absolute atomic E-state index is 0.0174. The predicted molar refractivity (Wildman–Crippen MR) is 156 cm³/mol. The Morgan fingerprint density at radius 3 is 2.49 bits per heavy atom. The van der Waals surface area contributed by atoms with Crippen molar-refractivity contribution in [2.75, 3.05) is 13.2 Å². The Hall–Kier alpha value is -4.00. The lowest BCUT2D eigenvalue weighted by Gasteiger charge is -2.31. The van der Waals surface area contributed by atoms with Crippen molar-refractivity contribution in [2.45, 2.75) is 49.1 Å². The molecule has 3 heterocycles. The molecular weight excluding hydrogens is 616 g/mol. The number of pyridine rings is 2. The normalized spacial score (nSPS) is 20.8. The van der Waals surface area contributed by atoms with Gasteiger partial charge in [0.2, 0.25) is 0 Å². The molecule has 13 heteroatoms. The van der Waals surface area contributed by atoms with Crippen LogP contribution in [0.3, 0.4) is 0 Å². The Kier molecular flexibility index (Phi) is 6.95. The SMILES string of the molecule is N[C@@]1(C(F)(F)F)COc2c1cc([C@@](O)(CNC(=O)c1cc(OC3CC3)c3nc(Cl)ccc3c1)C1CC1)nc2-c1ccc(F)cc1. The van der Waals surface area contributed by atoms with Crippen molar-refractivity contribution < 1.29 is 36.9 Å². The first-order chi connectivity index (χ1) is 21.4. The number of fused-ring (bicyclic) bond motifs is 2. The maximum atomic E-state index is 14.3. The minimum Gasteiger partial charge on any atom is -0.488 e. The van der Waals surface area contributed by atoms with E-state index in [2.05, 4.69) is 15.3 Å². The van der Waals surface area contributed by atoms with Gasteiger partial charge in [0.1, 0.15) is 40.1 Å². The van der Waals surface area contributed by atoms with Gasteiger partial charge in [0.05, 0.1) is 18.3 Å². The van der Waals surface area contributed by atoms with Crippen molar-refractivity contribution in [1.82, 2.24) is 15.3 Å². The van der Waals surface area contributed by atoms with Crippen LogP contribution in [0.2, 0.25) is 5.15 Å². The molecule has 45 heavy (non-hydrogen) atoms. The summed E-state index contributed by atoms with van der Waals surface area (Å²) < 4.78 is 68.0. The lowest BCUT2D eigenvalue weighted by Crippen LogP contribution is -2.52. The lowest BCUT2D eigenvalue weighted by atomic mass is 9.86. The Balaban J connectivity index is 1.26. The van der Waals surface area contributed by atoms with Crippen molar-refractivity contribution in [3.05, 3.63) is 82.4 Å². The van der Waals surface area contributed by atoms with Gasteiger partial charge in [-0.05, 0) is 86.2 Å². The summed E-state index contributed by atoms with van der Waals surface area (Å²) in [4.78, 5) is 22.4. The number of amides is 1. The number of halogens is 5. The molecule has 0 saturated heterocycles. The molecule has 7 rings (SSSR count). The molecule has 8 nitrogen and oxygen atoms in total. The van der Waals surface area contributed by atoms with Gasteiger partial charge < -0.3 is 25.6 Å². The number of ether oxygens (including phenoxy) is 2. The third-order valence-corrected chi connectivity index (χ3v) is 8.75. The number of nitrogens with one attached hydrogen (secondary N) is 1. The molecule has 4 N–H and O–H groups in total. The highest BCUT2D eigenvalue weighted by Crippen LogP contribution is 2.52. The molecule has 0 unspecified atom stereocenters. The third-order valence-electron chi connectivity index (χ3n) is 8.54. The molecule has 2 aliphatic carbocycles. The number of hydrogen-bond donors (Lipinski definition) is 3. The number of nitrogens with zero attached hydrogens (tertiary/aromatic N) is 2. The highest BCUT2D eigenvalue weighted by atomic mass is 35.5. The standard InChI is InChI=1S/C32H27ClF4N4O4/c33-25-10-3-17-11-18(12-23(26(17)41-25)45-21-8-9-21)29(42)39-14-30(43,19-4-5-19)24-13-22-28(44-15-31(22,38)32(35,36)37)27(40-24)16-1-6-20(34)7-2-16/h1-3,6-7,10-13,19,21,43H,4-5,8-9,14-15,38H2,(H,39,42)/t30-,31+/m1/s1. The number of carbonyl (C=O) groups excluding carboxylic acids is 1. The molecule has 0 bridgehead atoms. The summed E-state index contributed by atoms with van der Waals surface area (Å²) in [6.07, 6.45) is -2.00. The molecule has 1 aliphatic heterocycles. The van der Waals surface area contributed by atoms with E-state index >= 15 is 0 Å². The van der Waals surface area contributed by atoms with Crippen molar-refractivity contribution in [3.8, 4) is 22.8 Å². The summed E-state index contributed by atoms with van der Waals surface area (Å²) in [5.41, 5.74) is 1.68. The van der Waals surface area contributed by atoms with Crippen molar-refractivity contribution in [2.24, 2.45) is 11.7 Å². The van der Waals surface area contributed by atoms with E-state index in [9.17, 15) is 27.5 Å². The number of hydrogen-bond acceptors (Lipinski definition) is 7. The second-order valence-corrected chi connectivity index (χ2v) is 12.3. The van der Waals surface area contributed by atoms with E-state index in [1.807, 2.05) is 0 Å². The zero-order valence-electron chi connectivity index (χ0n) is 23.6. The first-order valence-electron chi connectivity index (χ1n) is 14.4. The van der Waals surface area contributed by atoms with Gasteiger partial charge in [-0.3, -0.25) is 4.79 Å². The predicted octanol–water partition coefficient (Wildman–Crippen LogP) is 5.77. The molecule has 2 aromatic carbocycles. The van der Waals surface area contributed by atoms with Crippen LogP contribution in [-0.2, 0) is 11.1 Å². The molecule has 2 saturated carbocycles. The summed E-state index contributed by atoms with van der Waals surface area (Å²) in [6, 6.07) is 12.6. The molecule has 4 aromatic rings. The van der Waals surface area contributed by atoms with E-state index in [1.165, 1.54) is 12.1 Å². The van der Waals surface area contributed by atoms with Crippen LogP contribution in [0.4, 0.5) is 17.6 Å². The molecule has 3 aliphatic rings. The van der Waals surface area contributed by atoms with Gasteiger partial charge in [0.25, 0.3) is 5.91 Å². The second kappa shape index (κ2) is 10.5. The van der Waals surface area contributed by atoms with Gasteiger partial charge in [-0.15, -0.1) is 0 Å². The number of aromatic nitrogens is 2. The molecule has 1 amide bonds. The van der Waals surface area contributed by atoms with Crippen LogP contribution in [0.15, 0.2) is 54.6 Å². The number of alkyl halides is 3. The van der Waals surface area contributed by atoms with Crippen molar-refractivity contribution in [3.63, 3.8) is 0 Å². The zero-order chi connectivity index (χ0) is 31.7. The van der Waals surface area contributed by atoms with Crippen LogP contribution >= 0.6 is 11.6 Å². The second-order valence-electron chi connectivity index (χ2n) is 11.9. The van der Waals surface area contributed by atoms with Gasteiger partial charge in [0, 0.05) is 22.1 Å². The van der Waals surface area contributed by atoms with Crippen LogP contribution in [0.5, 0.6) is 11.5 Å². The minimum atomic E-state index is -4.89. The third kappa shape index (κ3) is 5.34. The summed E-state index contributed by atoms with van der Waals surface area (Å²) in [5.74, 6) is -1.29. The monoisotopic (exact) mass is 642 g/mol. The Bertz CT molecular complexity index is 1830. The van der Waals surface area contributed by atoms with Gasteiger partial charge in [-0.2, -0.15) is 13.2 Å². The van der Waals surface area contributed by atoms with Crippen LogP contribution in [0, 0.1) is 11.7 Å². The smallest absolute Gasteiger partial charge is 0.414 e. The van der Waals surface area contributed by atoms with E-state index < -0.39 is 47.1 Å². The highest BCUT2D eigenvalue weighted by molar-refractivity contribution is 6.29. The van der Waals surface area contributed by atoms with E-state index in [4.69, 9.17) is 26.8 Å². The molecule has 0 spiro atoms. The topological polar surface area (TPSA) is 120 Å². The average molecular weight is 643 g/mol. The van der Waals surface area contributed by atoms with Gasteiger partial charge >= 0.3 is 6.18 Å². The summed E-state index contributed by atoms with van der Waals surface area (Å²) in [6.45, 7) is -1.25. The quantitative estimate of drug-likeness (QED) is 0.165. The Morgan fingerprint density at radius 1 is 1.09 bits per heavy atom. The van der Waals surface area contributed by atoms with E-state index in [0.717, 1.165) is 31.0 Å². The Morgan fingerprint density at radius 2 is 1.82 bits per heavy atom. The summed E-state index contributed by atoms with van der Waals surface area (Å²) in [7, 11) is 0. The first-order valence-corrected chi connectivity index (χ1v) is 14.8. The van der Waals surface area contributed by atoms with E-state index in [0.29, 0.717) is 29.5 Å². The fourth-order valence-electron chi connectivity index (χ4n) is 5.62. The largest absolute Gasteiger partial charge is 0.488 e. The van der Waals surface area contributed by atoms with Crippen LogP contribution in [0.25, 0.3) is 22.2 Å². The maximum Gasteiger partial charge on any atom is 0.414 e. The number of carbonyl (C=O) groups is 1. The highest BCUT2D eigenvalue weighted by Gasteiger charge is 2.59. The van der Waals surface area contributed by atoms with Gasteiger partial charge in [-0.1, -0.05) is 11.6 Å². The molecule has 234 valence electrons. The number of benzene rings is 2. The van der Waals surface area contributed by atoms with E-state index in [-0.39, 0.29) is 46.1 Å². The summed E-state index contributed by atoms with van der Waals surface area (Å²) >= 11 is 6.10. The Labute approximate surface area is 259 Å².